The molecule has 0 aromatic rings. The summed E-state index contributed by atoms with van der Waals surface area (Å²) < 4.78 is 5.61. The van der Waals surface area contributed by atoms with Crippen LogP contribution in [0.5, 0.6) is 0 Å². The summed E-state index contributed by atoms with van der Waals surface area (Å²) in [6.07, 6.45) is 6.46. The minimum absolute atomic E-state index is 0.00621. The van der Waals surface area contributed by atoms with Crippen molar-refractivity contribution in [3.05, 3.63) is 0 Å². The molecule has 1 N–H and O–H groups in total. The molecular weight excluding hydrogens is 150 g/mol. The number of rotatable bonds is 5. The molecule has 0 aromatic carbocycles. The van der Waals surface area contributed by atoms with E-state index in [-0.39, 0.29) is 5.72 Å². The Hall–Kier alpha value is -0.0800. The highest BCUT2D eigenvalue weighted by Gasteiger charge is 2.27. The normalized spacial score (nSPS) is 29.5. The van der Waals surface area contributed by atoms with E-state index in [1.165, 1.54) is 25.7 Å². The number of nitrogens with one attached hydrogen (secondary N) is 1. The number of unbranched alkanes of at least 4 members (excludes halogenated alkanes) is 3. The van der Waals surface area contributed by atoms with Crippen LogP contribution >= 0.6 is 0 Å². The summed E-state index contributed by atoms with van der Waals surface area (Å²) in [6, 6.07) is 0. The average molecular weight is 171 g/mol. The van der Waals surface area contributed by atoms with Gasteiger partial charge < -0.3 is 4.74 Å². The fourth-order valence-electron chi connectivity index (χ4n) is 1.69. The maximum atomic E-state index is 5.61. The first-order chi connectivity index (χ1) is 5.77. The Morgan fingerprint density at radius 2 is 2.17 bits per heavy atom. The topological polar surface area (TPSA) is 21.3 Å². The van der Waals surface area contributed by atoms with Crippen LogP contribution < -0.4 is 5.32 Å². The lowest BCUT2D eigenvalue weighted by atomic mass is 10.1. The van der Waals surface area contributed by atoms with Gasteiger partial charge in [-0.05, 0) is 19.8 Å². The standard InChI is InChI=1S/C10H21NO/c1-3-4-5-6-7-10(2)11-8-9-12-10/h11H,3-9H2,1-2H3/t10-/m0/s1. The van der Waals surface area contributed by atoms with Crippen molar-refractivity contribution < 1.29 is 4.74 Å². The highest BCUT2D eigenvalue weighted by molar-refractivity contribution is 4.77. The second kappa shape index (κ2) is 4.83. The van der Waals surface area contributed by atoms with Crippen LogP contribution in [-0.2, 0) is 4.74 Å². The summed E-state index contributed by atoms with van der Waals surface area (Å²) in [5, 5.41) is 3.39. The van der Waals surface area contributed by atoms with Gasteiger partial charge in [-0.15, -0.1) is 0 Å². The van der Waals surface area contributed by atoms with Crippen molar-refractivity contribution in [2.24, 2.45) is 0 Å². The molecule has 1 heterocycles. The third-order valence-electron chi connectivity index (χ3n) is 2.53. The van der Waals surface area contributed by atoms with Crippen molar-refractivity contribution in [3.8, 4) is 0 Å². The third kappa shape index (κ3) is 3.11. The van der Waals surface area contributed by atoms with Crippen molar-refractivity contribution in [1.82, 2.24) is 5.32 Å². The zero-order valence-corrected chi connectivity index (χ0v) is 8.36. The van der Waals surface area contributed by atoms with Gasteiger partial charge in [0.15, 0.2) is 0 Å². The fraction of sp³-hybridized carbons (Fsp3) is 1.00. The average Bonchev–Trinajstić information content (AvgIpc) is 2.47. The van der Waals surface area contributed by atoms with Crippen LogP contribution in [0.4, 0.5) is 0 Å². The monoisotopic (exact) mass is 171 g/mol. The van der Waals surface area contributed by atoms with Crippen LogP contribution in [0, 0.1) is 0 Å². The van der Waals surface area contributed by atoms with Gasteiger partial charge in [0, 0.05) is 6.54 Å². The van der Waals surface area contributed by atoms with E-state index in [0.717, 1.165) is 19.6 Å². The zero-order chi connectivity index (χ0) is 8.86. The van der Waals surface area contributed by atoms with E-state index in [4.69, 9.17) is 4.74 Å². The molecule has 1 aliphatic heterocycles. The zero-order valence-electron chi connectivity index (χ0n) is 8.36. The Balaban J connectivity index is 2.05. The van der Waals surface area contributed by atoms with Crippen molar-refractivity contribution >= 4 is 0 Å². The molecule has 0 radical (unpaired) electrons. The fourth-order valence-corrected chi connectivity index (χ4v) is 1.69. The summed E-state index contributed by atoms with van der Waals surface area (Å²) in [5.74, 6) is 0. The molecule has 1 rings (SSSR count). The highest BCUT2D eigenvalue weighted by atomic mass is 16.5. The first-order valence-corrected chi connectivity index (χ1v) is 5.16. The van der Waals surface area contributed by atoms with E-state index in [2.05, 4.69) is 19.2 Å². The van der Waals surface area contributed by atoms with E-state index in [1.54, 1.807) is 0 Å². The van der Waals surface area contributed by atoms with Crippen LogP contribution in [0.2, 0.25) is 0 Å². The Morgan fingerprint density at radius 1 is 1.33 bits per heavy atom. The Bertz CT molecular complexity index is 119. The molecular formula is C10H21NO. The maximum Gasteiger partial charge on any atom is 0.116 e. The molecule has 72 valence electrons. The van der Waals surface area contributed by atoms with Gasteiger partial charge >= 0.3 is 0 Å². The molecule has 0 amide bonds. The van der Waals surface area contributed by atoms with E-state index in [0.29, 0.717) is 0 Å². The molecule has 1 atom stereocenters. The number of hydrogen-bond acceptors (Lipinski definition) is 2. The summed E-state index contributed by atoms with van der Waals surface area (Å²) >= 11 is 0. The molecule has 0 aromatic heterocycles. The second-order valence-corrected chi connectivity index (χ2v) is 3.82. The summed E-state index contributed by atoms with van der Waals surface area (Å²) in [5.41, 5.74) is -0.00621. The van der Waals surface area contributed by atoms with Crippen molar-refractivity contribution in [1.29, 1.82) is 0 Å². The molecule has 0 unspecified atom stereocenters. The van der Waals surface area contributed by atoms with Gasteiger partial charge in [0.1, 0.15) is 5.72 Å². The molecule has 1 saturated heterocycles. The van der Waals surface area contributed by atoms with Gasteiger partial charge in [0.25, 0.3) is 0 Å². The molecule has 0 aliphatic carbocycles. The molecule has 0 bridgehead atoms. The minimum atomic E-state index is -0.00621. The number of ether oxygens (including phenoxy) is 1. The Kier molecular flexibility index (Phi) is 4.02. The lowest BCUT2D eigenvalue weighted by Crippen LogP contribution is -2.37. The quantitative estimate of drug-likeness (QED) is 0.641. The first-order valence-electron chi connectivity index (χ1n) is 5.16. The van der Waals surface area contributed by atoms with Gasteiger partial charge in [-0.25, -0.2) is 0 Å². The molecule has 2 heteroatoms. The van der Waals surface area contributed by atoms with E-state index in [9.17, 15) is 0 Å². The van der Waals surface area contributed by atoms with Gasteiger partial charge in [-0.2, -0.15) is 0 Å². The Labute approximate surface area is 75.7 Å². The predicted octanol–water partition coefficient (Wildman–Crippen LogP) is 2.29. The molecule has 0 saturated carbocycles. The highest BCUT2D eigenvalue weighted by Crippen LogP contribution is 2.19. The van der Waals surface area contributed by atoms with E-state index < -0.39 is 0 Å². The van der Waals surface area contributed by atoms with E-state index >= 15 is 0 Å². The van der Waals surface area contributed by atoms with Crippen LogP contribution in [0.25, 0.3) is 0 Å². The predicted molar refractivity (Wildman–Crippen MR) is 51.1 cm³/mol. The summed E-state index contributed by atoms with van der Waals surface area (Å²) in [7, 11) is 0. The van der Waals surface area contributed by atoms with Gasteiger partial charge in [0.2, 0.25) is 0 Å². The molecule has 1 fully saturated rings. The first kappa shape index (κ1) is 10.0. The lowest BCUT2D eigenvalue weighted by Gasteiger charge is -2.23. The van der Waals surface area contributed by atoms with Gasteiger partial charge in [0.05, 0.1) is 6.61 Å². The number of hydrogen-bond donors (Lipinski definition) is 1. The van der Waals surface area contributed by atoms with E-state index in [1.807, 2.05) is 0 Å². The van der Waals surface area contributed by atoms with Crippen molar-refractivity contribution in [2.45, 2.75) is 51.7 Å². The van der Waals surface area contributed by atoms with Crippen LogP contribution in [0.1, 0.15) is 46.0 Å². The summed E-state index contributed by atoms with van der Waals surface area (Å²) in [6.45, 7) is 6.30. The van der Waals surface area contributed by atoms with Gasteiger partial charge in [-0.3, -0.25) is 5.32 Å². The van der Waals surface area contributed by atoms with Crippen molar-refractivity contribution in [3.63, 3.8) is 0 Å². The second-order valence-electron chi connectivity index (χ2n) is 3.82. The van der Waals surface area contributed by atoms with Crippen LogP contribution in [0.3, 0.4) is 0 Å². The molecule has 2 nitrogen and oxygen atoms in total. The molecule has 0 spiro atoms. The summed E-state index contributed by atoms with van der Waals surface area (Å²) in [4.78, 5) is 0. The van der Waals surface area contributed by atoms with Crippen molar-refractivity contribution in [2.75, 3.05) is 13.2 Å². The van der Waals surface area contributed by atoms with Crippen LogP contribution in [0.15, 0.2) is 0 Å². The molecule has 1 aliphatic rings. The Morgan fingerprint density at radius 3 is 2.75 bits per heavy atom. The van der Waals surface area contributed by atoms with Gasteiger partial charge in [-0.1, -0.05) is 26.2 Å². The lowest BCUT2D eigenvalue weighted by molar-refractivity contribution is -0.00248. The van der Waals surface area contributed by atoms with Crippen LogP contribution in [-0.4, -0.2) is 18.9 Å². The maximum absolute atomic E-state index is 5.61. The third-order valence-corrected chi connectivity index (χ3v) is 2.53. The largest absolute Gasteiger partial charge is 0.360 e. The smallest absolute Gasteiger partial charge is 0.116 e. The SMILES string of the molecule is CCCCCC[C@@]1(C)NCCO1. The molecule has 12 heavy (non-hydrogen) atoms. The minimum Gasteiger partial charge on any atom is -0.360 e.